The SMILES string of the molecule is CCCn1cc(C(=O)CC2(CN)CCCCC2)cn1. The van der Waals surface area contributed by atoms with Crippen LogP contribution in [-0.4, -0.2) is 22.1 Å². The largest absolute Gasteiger partial charge is 0.330 e. The number of nitrogens with zero attached hydrogens (tertiary/aromatic N) is 2. The number of ketones is 1. The zero-order valence-electron chi connectivity index (χ0n) is 11.9. The quantitative estimate of drug-likeness (QED) is 0.803. The fraction of sp³-hybridized carbons (Fsp3) is 0.733. The van der Waals surface area contributed by atoms with Crippen LogP contribution in [0.15, 0.2) is 12.4 Å². The van der Waals surface area contributed by atoms with Gasteiger partial charge >= 0.3 is 0 Å². The topological polar surface area (TPSA) is 60.9 Å². The molecular formula is C15H25N3O. The molecule has 0 spiro atoms. The van der Waals surface area contributed by atoms with Gasteiger partial charge in [-0.2, -0.15) is 5.10 Å². The van der Waals surface area contributed by atoms with Crippen molar-refractivity contribution in [1.82, 2.24) is 9.78 Å². The second-order valence-electron chi connectivity index (χ2n) is 5.86. The third kappa shape index (κ3) is 3.44. The van der Waals surface area contributed by atoms with Gasteiger partial charge in [-0.15, -0.1) is 0 Å². The minimum absolute atomic E-state index is 0.0438. The molecule has 0 atom stereocenters. The molecule has 1 aliphatic rings. The number of Topliss-reactive ketones (excluding diaryl/α,β-unsaturated/α-hetero) is 1. The van der Waals surface area contributed by atoms with Crippen LogP contribution in [-0.2, 0) is 6.54 Å². The summed E-state index contributed by atoms with van der Waals surface area (Å²) in [5.41, 5.74) is 6.73. The molecule has 1 aromatic rings. The van der Waals surface area contributed by atoms with Crippen molar-refractivity contribution >= 4 is 5.78 Å². The molecular weight excluding hydrogens is 238 g/mol. The molecule has 106 valence electrons. The zero-order chi connectivity index (χ0) is 13.7. The van der Waals surface area contributed by atoms with E-state index in [0.29, 0.717) is 13.0 Å². The molecule has 1 fully saturated rings. The maximum absolute atomic E-state index is 12.4. The Morgan fingerprint density at radius 1 is 1.42 bits per heavy atom. The van der Waals surface area contributed by atoms with E-state index in [4.69, 9.17) is 5.73 Å². The molecule has 1 aromatic heterocycles. The maximum Gasteiger partial charge on any atom is 0.166 e. The predicted molar refractivity (Wildman–Crippen MR) is 76.0 cm³/mol. The van der Waals surface area contributed by atoms with Crippen molar-refractivity contribution in [2.24, 2.45) is 11.1 Å². The van der Waals surface area contributed by atoms with E-state index in [2.05, 4.69) is 12.0 Å². The average molecular weight is 263 g/mol. The van der Waals surface area contributed by atoms with Gasteiger partial charge in [0, 0.05) is 19.2 Å². The molecule has 0 aliphatic heterocycles. The standard InChI is InChI=1S/C15H25N3O/c1-2-8-18-11-13(10-17-18)14(19)9-15(12-16)6-4-3-5-7-15/h10-11H,2-9,12,16H2,1H3. The number of rotatable bonds is 6. The van der Waals surface area contributed by atoms with Gasteiger partial charge in [0.05, 0.1) is 11.8 Å². The van der Waals surface area contributed by atoms with E-state index in [0.717, 1.165) is 31.4 Å². The van der Waals surface area contributed by atoms with Gasteiger partial charge in [0.25, 0.3) is 0 Å². The Bertz CT molecular complexity index is 419. The summed E-state index contributed by atoms with van der Waals surface area (Å²) in [5, 5.41) is 4.23. The third-order valence-corrected chi connectivity index (χ3v) is 4.29. The molecule has 4 nitrogen and oxygen atoms in total. The second-order valence-corrected chi connectivity index (χ2v) is 5.86. The van der Waals surface area contributed by atoms with E-state index in [9.17, 15) is 4.79 Å². The first-order valence-corrected chi connectivity index (χ1v) is 7.45. The summed E-state index contributed by atoms with van der Waals surface area (Å²) in [5.74, 6) is 0.203. The molecule has 0 radical (unpaired) electrons. The molecule has 1 heterocycles. The summed E-state index contributed by atoms with van der Waals surface area (Å²) in [6.07, 6.45) is 11.1. The van der Waals surface area contributed by atoms with Crippen LogP contribution < -0.4 is 5.73 Å². The summed E-state index contributed by atoms with van der Waals surface area (Å²) in [7, 11) is 0. The van der Waals surface area contributed by atoms with Crippen LogP contribution in [0.5, 0.6) is 0 Å². The Kier molecular flexibility index (Phi) is 4.75. The smallest absolute Gasteiger partial charge is 0.166 e. The van der Waals surface area contributed by atoms with Crippen molar-refractivity contribution in [1.29, 1.82) is 0 Å². The molecule has 19 heavy (non-hydrogen) atoms. The lowest BCUT2D eigenvalue weighted by Crippen LogP contribution is -2.35. The number of aryl methyl sites for hydroxylation is 1. The van der Waals surface area contributed by atoms with E-state index in [1.165, 1.54) is 19.3 Å². The van der Waals surface area contributed by atoms with Crippen molar-refractivity contribution in [2.45, 2.75) is 58.4 Å². The third-order valence-electron chi connectivity index (χ3n) is 4.29. The Labute approximate surface area is 115 Å². The number of carbonyl (C=O) groups excluding carboxylic acids is 1. The number of hydrogen-bond donors (Lipinski definition) is 1. The lowest BCUT2D eigenvalue weighted by molar-refractivity contribution is 0.0868. The monoisotopic (exact) mass is 263 g/mol. The van der Waals surface area contributed by atoms with Gasteiger partial charge < -0.3 is 5.73 Å². The Hall–Kier alpha value is -1.16. The Morgan fingerprint density at radius 3 is 2.79 bits per heavy atom. The van der Waals surface area contributed by atoms with Crippen molar-refractivity contribution in [3.63, 3.8) is 0 Å². The summed E-state index contributed by atoms with van der Waals surface area (Å²) in [4.78, 5) is 12.4. The van der Waals surface area contributed by atoms with E-state index >= 15 is 0 Å². The van der Waals surface area contributed by atoms with Crippen LogP contribution in [0.1, 0.15) is 62.2 Å². The van der Waals surface area contributed by atoms with Crippen LogP contribution in [0.3, 0.4) is 0 Å². The summed E-state index contributed by atoms with van der Waals surface area (Å²) in [6, 6.07) is 0. The van der Waals surface area contributed by atoms with E-state index in [1.54, 1.807) is 6.20 Å². The fourth-order valence-electron chi connectivity index (χ4n) is 3.06. The van der Waals surface area contributed by atoms with E-state index < -0.39 is 0 Å². The van der Waals surface area contributed by atoms with Gasteiger partial charge in [-0.3, -0.25) is 9.48 Å². The molecule has 0 amide bonds. The van der Waals surface area contributed by atoms with Gasteiger partial charge in [0.2, 0.25) is 0 Å². The summed E-state index contributed by atoms with van der Waals surface area (Å²) < 4.78 is 1.85. The van der Waals surface area contributed by atoms with Gasteiger partial charge in [0.15, 0.2) is 5.78 Å². The summed E-state index contributed by atoms with van der Waals surface area (Å²) in [6.45, 7) is 3.60. The molecule has 4 heteroatoms. The molecule has 0 aromatic carbocycles. The summed E-state index contributed by atoms with van der Waals surface area (Å²) >= 11 is 0. The molecule has 0 saturated heterocycles. The van der Waals surface area contributed by atoms with Crippen LogP contribution in [0.25, 0.3) is 0 Å². The highest BCUT2D eigenvalue weighted by Gasteiger charge is 2.33. The predicted octanol–water partition coefficient (Wildman–Crippen LogP) is 2.78. The van der Waals surface area contributed by atoms with Gasteiger partial charge in [-0.1, -0.05) is 26.2 Å². The molecule has 2 rings (SSSR count). The van der Waals surface area contributed by atoms with Gasteiger partial charge in [0.1, 0.15) is 0 Å². The highest BCUT2D eigenvalue weighted by molar-refractivity contribution is 5.96. The highest BCUT2D eigenvalue weighted by Crippen LogP contribution is 2.39. The lowest BCUT2D eigenvalue weighted by Gasteiger charge is -2.35. The molecule has 1 aliphatic carbocycles. The lowest BCUT2D eigenvalue weighted by atomic mass is 9.70. The zero-order valence-corrected chi connectivity index (χ0v) is 11.9. The van der Waals surface area contributed by atoms with Crippen LogP contribution in [0.4, 0.5) is 0 Å². The first-order valence-electron chi connectivity index (χ1n) is 7.45. The fourth-order valence-corrected chi connectivity index (χ4v) is 3.06. The van der Waals surface area contributed by atoms with Crippen molar-refractivity contribution in [2.75, 3.05) is 6.54 Å². The molecule has 0 bridgehead atoms. The maximum atomic E-state index is 12.4. The average Bonchev–Trinajstić information content (AvgIpc) is 2.89. The number of hydrogen-bond acceptors (Lipinski definition) is 3. The minimum Gasteiger partial charge on any atom is -0.330 e. The second kappa shape index (κ2) is 6.33. The normalized spacial score (nSPS) is 18.4. The number of nitrogens with two attached hydrogens (primary N) is 1. The van der Waals surface area contributed by atoms with E-state index in [1.807, 2.05) is 10.9 Å². The van der Waals surface area contributed by atoms with Crippen LogP contribution in [0.2, 0.25) is 0 Å². The Balaban J connectivity index is 2.02. The van der Waals surface area contributed by atoms with Crippen molar-refractivity contribution < 1.29 is 4.79 Å². The van der Waals surface area contributed by atoms with Crippen LogP contribution >= 0.6 is 0 Å². The van der Waals surface area contributed by atoms with Crippen LogP contribution in [0, 0.1) is 5.41 Å². The number of carbonyl (C=O) groups is 1. The molecule has 0 unspecified atom stereocenters. The molecule has 1 saturated carbocycles. The van der Waals surface area contributed by atoms with Crippen molar-refractivity contribution in [3.05, 3.63) is 18.0 Å². The minimum atomic E-state index is 0.0438. The van der Waals surface area contributed by atoms with Gasteiger partial charge in [-0.25, -0.2) is 0 Å². The first-order chi connectivity index (χ1) is 9.19. The van der Waals surface area contributed by atoms with Gasteiger partial charge in [-0.05, 0) is 31.2 Å². The highest BCUT2D eigenvalue weighted by atomic mass is 16.1. The van der Waals surface area contributed by atoms with Crippen molar-refractivity contribution in [3.8, 4) is 0 Å². The number of aromatic nitrogens is 2. The Morgan fingerprint density at radius 2 is 2.16 bits per heavy atom. The molecule has 2 N–H and O–H groups in total. The van der Waals surface area contributed by atoms with E-state index in [-0.39, 0.29) is 11.2 Å². The first kappa shape index (κ1) is 14.3.